The lowest BCUT2D eigenvalue weighted by Gasteiger charge is -2.27. The maximum absolute atomic E-state index is 2.39. The molecule has 0 aliphatic heterocycles. The first-order valence-corrected chi connectivity index (χ1v) is 10.1. The van der Waals surface area contributed by atoms with Crippen LogP contribution in [0.15, 0.2) is 0 Å². The zero-order chi connectivity index (χ0) is 18.2. The lowest BCUT2D eigenvalue weighted by molar-refractivity contribution is 0.251. The molecule has 0 aliphatic carbocycles. The number of hydrogen-bond acceptors (Lipinski definition) is 0. The molecule has 0 amide bonds. The molecule has 0 bridgehead atoms. The van der Waals surface area contributed by atoms with Crippen molar-refractivity contribution >= 4 is 0 Å². The molecule has 22 heavy (non-hydrogen) atoms. The van der Waals surface area contributed by atoms with Gasteiger partial charge >= 0.3 is 0 Å². The van der Waals surface area contributed by atoms with Crippen LogP contribution < -0.4 is 0 Å². The lowest BCUT2D eigenvalue weighted by Crippen LogP contribution is -2.14. The minimum absolute atomic E-state index is 0.574. The van der Waals surface area contributed by atoms with Crippen LogP contribution >= 0.6 is 0 Å². The van der Waals surface area contributed by atoms with Crippen molar-refractivity contribution in [3.05, 3.63) is 0 Å². The first kappa shape index (κ1) is 26.9. The summed E-state index contributed by atoms with van der Waals surface area (Å²) < 4.78 is 0. The minimum atomic E-state index is 0.574. The molecule has 0 N–H and O–H groups in total. The van der Waals surface area contributed by atoms with E-state index in [1.807, 2.05) is 0 Å². The van der Waals surface area contributed by atoms with E-state index in [4.69, 9.17) is 0 Å². The summed E-state index contributed by atoms with van der Waals surface area (Å²) in [5.41, 5.74) is 0.574. The standard InChI is InChI=1S/C11H24.C6H14.C5H12/c1-6-8-11(4,5)9-10(3)7-2;1-4-6(3)5-2;1-4-5(2)3/h10H,6-9H2,1-5H3;6H,4-5H2,1-3H3;5H,4H2,1-3H3. The fourth-order valence-corrected chi connectivity index (χ4v) is 2.16. The van der Waals surface area contributed by atoms with E-state index in [0.717, 1.165) is 17.8 Å². The fourth-order valence-electron chi connectivity index (χ4n) is 2.16. The molecular weight excluding hydrogens is 264 g/mol. The van der Waals surface area contributed by atoms with Crippen molar-refractivity contribution in [3.63, 3.8) is 0 Å². The van der Waals surface area contributed by atoms with Crippen molar-refractivity contribution in [2.24, 2.45) is 23.2 Å². The summed E-state index contributed by atoms with van der Waals surface area (Å²) in [6.07, 6.45) is 9.37. The molecule has 0 saturated heterocycles. The molecule has 0 radical (unpaired) electrons. The average Bonchev–Trinajstić information content (AvgIpc) is 2.46. The van der Waals surface area contributed by atoms with E-state index in [9.17, 15) is 0 Å². The van der Waals surface area contributed by atoms with Gasteiger partial charge in [-0.2, -0.15) is 0 Å². The van der Waals surface area contributed by atoms with E-state index >= 15 is 0 Å². The van der Waals surface area contributed by atoms with E-state index in [1.54, 1.807) is 0 Å². The normalized spacial score (nSPS) is 12.4. The largest absolute Gasteiger partial charge is 0.0654 e. The number of rotatable bonds is 8. The molecule has 0 aromatic carbocycles. The summed E-state index contributed by atoms with van der Waals surface area (Å²) in [6.45, 7) is 25.1. The molecule has 1 atom stereocenters. The predicted octanol–water partition coefficient (Wildman–Crippen LogP) is 8.74. The van der Waals surface area contributed by atoms with Gasteiger partial charge < -0.3 is 0 Å². The topological polar surface area (TPSA) is 0 Å². The second kappa shape index (κ2) is 17.4. The van der Waals surface area contributed by atoms with Crippen LogP contribution in [0.5, 0.6) is 0 Å². The van der Waals surface area contributed by atoms with Crippen LogP contribution in [0.1, 0.15) is 121 Å². The highest BCUT2D eigenvalue weighted by Crippen LogP contribution is 2.31. The van der Waals surface area contributed by atoms with E-state index in [1.165, 1.54) is 44.9 Å². The second-order valence-electron chi connectivity index (χ2n) is 8.36. The summed E-state index contributed by atoms with van der Waals surface area (Å²) in [5.74, 6) is 2.72. The van der Waals surface area contributed by atoms with E-state index < -0.39 is 0 Å². The van der Waals surface area contributed by atoms with Crippen molar-refractivity contribution in [2.45, 2.75) is 121 Å². The summed E-state index contributed by atoms with van der Waals surface area (Å²) in [4.78, 5) is 0. The summed E-state index contributed by atoms with van der Waals surface area (Å²) in [7, 11) is 0. The molecule has 0 spiro atoms. The minimum Gasteiger partial charge on any atom is -0.0654 e. The van der Waals surface area contributed by atoms with Crippen LogP contribution in [-0.2, 0) is 0 Å². The average molecular weight is 315 g/mol. The predicted molar refractivity (Wildman–Crippen MR) is 108 cm³/mol. The Labute approximate surface area is 144 Å². The molecule has 0 aromatic rings. The van der Waals surface area contributed by atoms with Gasteiger partial charge in [0.05, 0.1) is 0 Å². The fraction of sp³-hybridized carbons (Fsp3) is 1.00. The quantitative estimate of drug-likeness (QED) is 0.420. The first-order valence-electron chi connectivity index (χ1n) is 10.1. The SMILES string of the molecule is CCC(C)C.CCC(C)CC.CCCC(C)(C)CC(C)CC. The lowest BCUT2D eigenvalue weighted by atomic mass is 9.79. The molecule has 0 aromatic heterocycles. The maximum atomic E-state index is 2.39. The molecule has 0 saturated carbocycles. The second-order valence-corrected chi connectivity index (χ2v) is 8.36. The Balaban J connectivity index is -0.000000277. The molecule has 0 rings (SSSR count). The van der Waals surface area contributed by atoms with E-state index in [-0.39, 0.29) is 0 Å². The zero-order valence-corrected chi connectivity index (χ0v) is 18.2. The van der Waals surface area contributed by atoms with E-state index in [2.05, 4.69) is 76.2 Å². The Kier molecular flexibility index (Phi) is 21.2. The summed E-state index contributed by atoms with van der Waals surface area (Å²) in [5, 5.41) is 0. The maximum Gasteiger partial charge on any atom is -0.0352 e. The van der Waals surface area contributed by atoms with Gasteiger partial charge in [0.15, 0.2) is 0 Å². The van der Waals surface area contributed by atoms with Gasteiger partial charge in [-0.15, -0.1) is 0 Å². The van der Waals surface area contributed by atoms with Crippen molar-refractivity contribution in [2.75, 3.05) is 0 Å². The Hall–Kier alpha value is 0. The van der Waals surface area contributed by atoms with Crippen LogP contribution in [-0.4, -0.2) is 0 Å². The molecule has 0 heteroatoms. The molecular formula is C22H50. The van der Waals surface area contributed by atoms with Crippen LogP contribution in [0.25, 0.3) is 0 Å². The third-order valence-corrected chi connectivity index (χ3v) is 4.74. The van der Waals surface area contributed by atoms with Gasteiger partial charge in [-0.25, -0.2) is 0 Å². The van der Waals surface area contributed by atoms with Crippen LogP contribution in [0.3, 0.4) is 0 Å². The van der Waals surface area contributed by atoms with E-state index in [0.29, 0.717) is 5.41 Å². The van der Waals surface area contributed by atoms with Crippen LogP contribution in [0, 0.1) is 23.2 Å². The zero-order valence-electron chi connectivity index (χ0n) is 18.2. The number of hydrogen-bond donors (Lipinski definition) is 0. The third-order valence-electron chi connectivity index (χ3n) is 4.74. The Morgan fingerprint density at radius 3 is 1.18 bits per heavy atom. The van der Waals surface area contributed by atoms with Gasteiger partial charge in [-0.05, 0) is 36.0 Å². The summed E-state index contributed by atoms with van der Waals surface area (Å²) in [6, 6.07) is 0. The van der Waals surface area contributed by atoms with Gasteiger partial charge in [0, 0.05) is 0 Å². The van der Waals surface area contributed by atoms with Crippen molar-refractivity contribution in [3.8, 4) is 0 Å². The molecule has 0 nitrogen and oxygen atoms in total. The van der Waals surface area contributed by atoms with Crippen molar-refractivity contribution in [1.82, 2.24) is 0 Å². The van der Waals surface area contributed by atoms with Gasteiger partial charge in [0.1, 0.15) is 0 Å². The highest BCUT2D eigenvalue weighted by Gasteiger charge is 2.18. The highest BCUT2D eigenvalue weighted by molar-refractivity contribution is 4.70. The highest BCUT2D eigenvalue weighted by atomic mass is 14.2. The summed E-state index contributed by atoms with van der Waals surface area (Å²) >= 11 is 0. The first-order chi connectivity index (χ1) is 10.1. The monoisotopic (exact) mass is 314 g/mol. The van der Waals surface area contributed by atoms with Crippen LogP contribution in [0.4, 0.5) is 0 Å². The Bertz CT molecular complexity index is 186. The van der Waals surface area contributed by atoms with Crippen molar-refractivity contribution < 1.29 is 0 Å². The van der Waals surface area contributed by atoms with Gasteiger partial charge in [0.2, 0.25) is 0 Å². The Morgan fingerprint density at radius 1 is 0.636 bits per heavy atom. The molecule has 138 valence electrons. The molecule has 0 aliphatic rings. The van der Waals surface area contributed by atoms with Gasteiger partial charge in [-0.1, -0.05) is 108 Å². The van der Waals surface area contributed by atoms with Gasteiger partial charge in [0.25, 0.3) is 0 Å². The molecule has 1 unspecified atom stereocenters. The van der Waals surface area contributed by atoms with Crippen LogP contribution in [0.2, 0.25) is 0 Å². The molecule has 0 heterocycles. The third kappa shape index (κ3) is 25.0. The molecule has 0 fully saturated rings. The van der Waals surface area contributed by atoms with Crippen molar-refractivity contribution in [1.29, 1.82) is 0 Å². The Morgan fingerprint density at radius 2 is 1.00 bits per heavy atom. The smallest absolute Gasteiger partial charge is 0.0352 e. The van der Waals surface area contributed by atoms with Gasteiger partial charge in [-0.3, -0.25) is 0 Å².